The molecule has 0 amide bonds. The van der Waals surface area contributed by atoms with Gasteiger partial charge in [0.2, 0.25) is 5.29 Å². The van der Waals surface area contributed by atoms with Gasteiger partial charge in [0.15, 0.2) is 0 Å². The molecule has 82 valence electrons. The van der Waals surface area contributed by atoms with Gasteiger partial charge in [0.1, 0.15) is 5.84 Å². The molecule has 0 saturated carbocycles. The summed E-state index contributed by atoms with van der Waals surface area (Å²) in [5, 5.41) is 9.80. The summed E-state index contributed by atoms with van der Waals surface area (Å²) >= 11 is 5.40. The number of nitrogens with one attached hydrogen (secondary N) is 2. The third-order valence-corrected chi connectivity index (χ3v) is 1.65. The van der Waals surface area contributed by atoms with Crippen molar-refractivity contribution in [2.45, 2.75) is 0 Å². The van der Waals surface area contributed by atoms with E-state index in [-0.39, 0.29) is 5.29 Å². The third-order valence-electron chi connectivity index (χ3n) is 1.56. The number of anilines is 1. The van der Waals surface area contributed by atoms with Crippen molar-refractivity contribution in [2.24, 2.45) is 4.99 Å². The number of hydrogen-bond acceptors (Lipinski definition) is 2. The van der Waals surface area contributed by atoms with E-state index in [2.05, 4.69) is 21.9 Å². The number of allylic oxidation sites excluding steroid dienone is 2. The molecule has 2 N–H and O–H groups in total. The Morgan fingerprint density at radius 1 is 1.50 bits per heavy atom. The zero-order valence-electron chi connectivity index (χ0n) is 8.52. The van der Waals surface area contributed by atoms with Crippen LogP contribution < -0.4 is 5.32 Å². The van der Waals surface area contributed by atoms with Crippen LogP contribution in [0.15, 0.2) is 54.3 Å². The van der Waals surface area contributed by atoms with Crippen LogP contribution in [0.2, 0.25) is 0 Å². The summed E-state index contributed by atoms with van der Waals surface area (Å²) in [6, 6.07) is 3.57. The molecule has 0 aromatic carbocycles. The molecule has 0 fully saturated rings. The Balaban J connectivity index is 2.83. The summed E-state index contributed by atoms with van der Waals surface area (Å²) in [4.78, 5) is 7.70. The second kappa shape index (κ2) is 6.53. The highest BCUT2D eigenvalue weighted by Gasteiger charge is 1.96. The molecule has 0 aliphatic rings. The molecule has 1 aromatic heterocycles. The normalized spacial score (nSPS) is 11.4. The monoisotopic (exact) mass is 234 g/mol. The van der Waals surface area contributed by atoms with Gasteiger partial charge in [0.25, 0.3) is 0 Å². The topological polar surface area (TPSA) is 61.1 Å². The van der Waals surface area contributed by atoms with Crippen molar-refractivity contribution in [1.29, 1.82) is 5.41 Å². The summed E-state index contributed by atoms with van der Waals surface area (Å²) in [7, 11) is 0. The van der Waals surface area contributed by atoms with Gasteiger partial charge >= 0.3 is 0 Å². The highest BCUT2D eigenvalue weighted by Crippen LogP contribution is 2.04. The first kappa shape index (κ1) is 12.1. The summed E-state index contributed by atoms with van der Waals surface area (Å²) in [5.74, 6) is 0.464. The van der Waals surface area contributed by atoms with E-state index < -0.39 is 0 Å². The average molecular weight is 235 g/mol. The summed E-state index contributed by atoms with van der Waals surface area (Å²) in [5.41, 5.74) is 0.820. The van der Waals surface area contributed by atoms with Crippen LogP contribution in [-0.2, 0) is 0 Å². The number of hydrogen-bond donors (Lipinski definition) is 2. The first-order valence-electron chi connectivity index (χ1n) is 4.51. The van der Waals surface area contributed by atoms with Gasteiger partial charge in [-0.3, -0.25) is 10.4 Å². The minimum Gasteiger partial charge on any atom is -0.340 e. The SMILES string of the molecule is C=C/C=C/C(=N\C(=N)Cl)Nc1ccncc1. The minimum absolute atomic E-state index is 0.287. The second-order valence-electron chi connectivity index (χ2n) is 2.74. The van der Waals surface area contributed by atoms with Crippen LogP contribution in [0.25, 0.3) is 0 Å². The van der Waals surface area contributed by atoms with Gasteiger partial charge in [-0.1, -0.05) is 18.7 Å². The molecule has 5 heteroatoms. The lowest BCUT2D eigenvalue weighted by molar-refractivity contribution is 1.33. The van der Waals surface area contributed by atoms with Crippen molar-refractivity contribution in [2.75, 3.05) is 5.32 Å². The van der Waals surface area contributed by atoms with E-state index in [0.29, 0.717) is 5.84 Å². The Morgan fingerprint density at radius 2 is 2.19 bits per heavy atom. The van der Waals surface area contributed by atoms with E-state index in [1.807, 2.05) is 0 Å². The predicted octanol–water partition coefficient (Wildman–Crippen LogP) is 2.81. The van der Waals surface area contributed by atoms with Gasteiger partial charge in [-0.2, -0.15) is 0 Å². The Hall–Kier alpha value is -1.94. The number of aliphatic imine (C=N–C) groups is 1. The molecule has 1 aromatic rings. The van der Waals surface area contributed by atoms with Gasteiger partial charge in [-0.15, -0.1) is 0 Å². The average Bonchev–Trinajstić information content (AvgIpc) is 2.26. The van der Waals surface area contributed by atoms with E-state index in [1.54, 1.807) is 42.8 Å². The molecule has 0 aliphatic carbocycles. The standard InChI is InChI=1S/C11H11ClN4/c1-2-3-4-10(16-11(12)13)15-9-5-7-14-8-6-9/h2-8H,1H2,(H2,13,14,15,16)/b4-3+. The predicted molar refractivity (Wildman–Crippen MR) is 68.2 cm³/mol. The van der Waals surface area contributed by atoms with E-state index in [9.17, 15) is 0 Å². The number of amidine groups is 2. The maximum atomic E-state index is 7.09. The molecule has 0 spiro atoms. The van der Waals surface area contributed by atoms with Crippen LogP contribution in [-0.4, -0.2) is 16.1 Å². The molecule has 16 heavy (non-hydrogen) atoms. The highest BCUT2D eigenvalue weighted by molar-refractivity contribution is 6.64. The van der Waals surface area contributed by atoms with Crippen LogP contribution in [0.1, 0.15) is 0 Å². The number of pyridine rings is 1. The summed E-state index contributed by atoms with van der Waals surface area (Å²) in [6.45, 7) is 3.55. The van der Waals surface area contributed by atoms with Gasteiger partial charge in [0, 0.05) is 18.1 Å². The Bertz CT molecular complexity index is 423. The van der Waals surface area contributed by atoms with Crippen LogP contribution in [0.4, 0.5) is 5.69 Å². The van der Waals surface area contributed by atoms with E-state index in [4.69, 9.17) is 17.0 Å². The largest absolute Gasteiger partial charge is 0.340 e. The van der Waals surface area contributed by atoms with E-state index in [1.165, 1.54) is 0 Å². The minimum atomic E-state index is -0.287. The number of halogens is 1. The van der Waals surface area contributed by atoms with E-state index in [0.717, 1.165) is 5.69 Å². The molecule has 0 radical (unpaired) electrons. The molecule has 0 saturated heterocycles. The Morgan fingerprint density at radius 3 is 2.75 bits per heavy atom. The molecule has 0 bridgehead atoms. The second-order valence-corrected chi connectivity index (χ2v) is 3.10. The molecule has 0 unspecified atom stereocenters. The summed E-state index contributed by atoms with van der Waals surface area (Å²) < 4.78 is 0. The van der Waals surface area contributed by atoms with Crippen LogP contribution in [0.3, 0.4) is 0 Å². The first-order valence-corrected chi connectivity index (χ1v) is 4.89. The van der Waals surface area contributed by atoms with Crippen LogP contribution in [0.5, 0.6) is 0 Å². The number of aromatic nitrogens is 1. The lowest BCUT2D eigenvalue weighted by Crippen LogP contribution is -2.10. The van der Waals surface area contributed by atoms with Crippen molar-refractivity contribution < 1.29 is 0 Å². The maximum absolute atomic E-state index is 7.09. The quantitative estimate of drug-likeness (QED) is 0.366. The van der Waals surface area contributed by atoms with Gasteiger partial charge in [-0.05, 0) is 29.8 Å². The van der Waals surface area contributed by atoms with Crippen molar-refractivity contribution in [1.82, 2.24) is 4.98 Å². The molecule has 0 aliphatic heterocycles. The first-order chi connectivity index (χ1) is 7.72. The molecule has 0 atom stereocenters. The fourth-order valence-electron chi connectivity index (χ4n) is 0.955. The van der Waals surface area contributed by atoms with E-state index >= 15 is 0 Å². The van der Waals surface area contributed by atoms with Crippen LogP contribution in [0, 0.1) is 5.41 Å². The lowest BCUT2D eigenvalue weighted by Gasteiger charge is -2.04. The maximum Gasteiger partial charge on any atom is 0.216 e. The highest BCUT2D eigenvalue weighted by atomic mass is 35.5. The van der Waals surface area contributed by atoms with Crippen LogP contribution >= 0.6 is 11.6 Å². The molecular formula is C11H11ClN4. The number of nitrogens with zero attached hydrogens (tertiary/aromatic N) is 2. The molecule has 1 heterocycles. The van der Waals surface area contributed by atoms with Gasteiger partial charge in [-0.25, -0.2) is 4.99 Å². The zero-order valence-corrected chi connectivity index (χ0v) is 9.28. The zero-order chi connectivity index (χ0) is 11.8. The Labute approximate surface area is 98.9 Å². The fourth-order valence-corrected chi connectivity index (χ4v) is 1.05. The lowest BCUT2D eigenvalue weighted by atomic mass is 10.4. The number of rotatable bonds is 3. The van der Waals surface area contributed by atoms with Gasteiger partial charge < -0.3 is 5.32 Å². The molecular weight excluding hydrogens is 224 g/mol. The smallest absolute Gasteiger partial charge is 0.216 e. The third kappa shape index (κ3) is 4.52. The van der Waals surface area contributed by atoms with Crippen molar-refractivity contribution >= 4 is 28.4 Å². The molecule has 1 rings (SSSR count). The van der Waals surface area contributed by atoms with Crippen molar-refractivity contribution in [3.8, 4) is 0 Å². The van der Waals surface area contributed by atoms with Gasteiger partial charge in [0.05, 0.1) is 0 Å². The molecule has 4 nitrogen and oxygen atoms in total. The Kier molecular flexibility index (Phi) is 4.95. The van der Waals surface area contributed by atoms with Crippen molar-refractivity contribution in [3.05, 3.63) is 49.3 Å². The van der Waals surface area contributed by atoms with Crippen molar-refractivity contribution in [3.63, 3.8) is 0 Å². The summed E-state index contributed by atoms with van der Waals surface area (Å²) in [6.07, 6.45) is 8.30. The fraction of sp³-hybridized carbons (Fsp3) is 0.